The topological polar surface area (TPSA) is 112 Å². The van der Waals surface area contributed by atoms with Crippen molar-refractivity contribution in [3.63, 3.8) is 0 Å². The fourth-order valence-corrected chi connectivity index (χ4v) is 4.75. The highest BCUT2D eigenvalue weighted by Crippen LogP contribution is 2.27. The van der Waals surface area contributed by atoms with Gasteiger partial charge in [0.1, 0.15) is 5.69 Å². The van der Waals surface area contributed by atoms with Crippen LogP contribution in [0.15, 0.2) is 24.5 Å². The van der Waals surface area contributed by atoms with E-state index in [4.69, 9.17) is 0 Å². The molecule has 9 nitrogen and oxygen atoms in total. The second-order valence-electron chi connectivity index (χ2n) is 8.70. The number of rotatable bonds is 4. The van der Waals surface area contributed by atoms with Crippen molar-refractivity contribution in [2.45, 2.75) is 63.6 Å². The predicted octanol–water partition coefficient (Wildman–Crippen LogP) is 3.47. The number of carbonyl (C=O) groups excluding carboxylic acids is 1. The number of fused-ring (bicyclic) bond motifs is 1. The second-order valence-corrected chi connectivity index (χ2v) is 8.70. The lowest BCUT2D eigenvalue weighted by atomic mass is 9.91. The standard InChI is InChI=1S/C22H27FN8O/c1-13-5-4-10-31(13)22(32)27-15-7-2-6-14(11-15)26-20-17(23)12-25-21(28-20)18-16-8-3-9-24-19(16)30-29-18/h3,8-9,12-15H,2,4-7,10-11H2,1H3,(H,27,32)(H,24,29,30)(H,25,26,28)/t13-,14?,15-/m1/s1. The molecule has 3 N–H and O–H groups in total. The molecule has 1 aliphatic heterocycles. The van der Waals surface area contributed by atoms with Crippen LogP contribution in [0.1, 0.15) is 45.4 Å². The molecule has 1 saturated heterocycles. The van der Waals surface area contributed by atoms with Crippen LogP contribution in [0.25, 0.3) is 22.6 Å². The first kappa shape index (κ1) is 20.6. The Hall–Kier alpha value is -3.30. The first-order chi connectivity index (χ1) is 15.6. The van der Waals surface area contributed by atoms with Gasteiger partial charge in [-0.15, -0.1) is 0 Å². The van der Waals surface area contributed by atoms with Crippen molar-refractivity contribution in [2.75, 3.05) is 11.9 Å². The van der Waals surface area contributed by atoms with Crippen LogP contribution in [0, 0.1) is 5.82 Å². The average Bonchev–Trinajstić information content (AvgIpc) is 3.42. The minimum absolute atomic E-state index is 0.00942. The second kappa shape index (κ2) is 8.68. The maximum Gasteiger partial charge on any atom is 0.317 e. The van der Waals surface area contributed by atoms with Gasteiger partial charge in [-0.3, -0.25) is 5.10 Å². The van der Waals surface area contributed by atoms with Crippen LogP contribution in [-0.4, -0.2) is 60.8 Å². The molecule has 2 fully saturated rings. The maximum atomic E-state index is 14.5. The van der Waals surface area contributed by atoms with Gasteiger partial charge in [-0.05, 0) is 57.6 Å². The third-order valence-corrected chi connectivity index (χ3v) is 6.45. The van der Waals surface area contributed by atoms with Crippen LogP contribution in [-0.2, 0) is 0 Å². The van der Waals surface area contributed by atoms with E-state index in [0.717, 1.165) is 50.5 Å². The van der Waals surface area contributed by atoms with Gasteiger partial charge in [0.2, 0.25) is 0 Å². The minimum Gasteiger partial charge on any atom is -0.365 e. The largest absolute Gasteiger partial charge is 0.365 e. The highest BCUT2D eigenvalue weighted by Gasteiger charge is 2.29. The third-order valence-electron chi connectivity index (χ3n) is 6.45. The highest BCUT2D eigenvalue weighted by atomic mass is 19.1. The van der Waals surface area contributed by atoms with Gasteiger partial charge >= 0.3 is 6.03 Å². The lowest BCUT2D eigenvalue weighted by Gasteiger charge is -2.32. The lowest BCUT2D eigenvalue weighted by Crippen LogP contribution is -2.48. The number of H-pyrrole nitrogens is 1. The molecule has 3 aromatic heterocycles. The Labute approximate surface area is 185 Å². The van der Waals surface area contributed by atoms with Crippen LogP contribution < -0.4 is 10.6 Å². The van der Waals surface area contributed by atoms with E-state index >= 15 is 0 Å². The van der Waals surface area contributed by atoms with Gasteiger partial charge in [0.15, 0.2) is 23.1 Å². The van der Waals surface area contributed by atoms with Crippen LogP contribution in [0.2, 0.25) is 0 Å². The molecule has 1 unspecified atom stereocenters. The number of amides is 2. The quantitative estimate of drug-likeness (QED) is 0.575. The predicted molar refractivity (Wildman–Crippen MR) is 118 cm³/mol. The summed E-state index contributed by atoms with van der Waals surface area (Å²) in [7, 11) is 0. The Bertz CT molecular complexity index is 1120. The number of likely N-dealkylation sites (tertiary alicyclic amines) is 1. The number of aromatic amines is 1. The smallest absolute Gasteiger partial charge is 0.317 e. The summed E-state index contributed by atoms with van der Waals surface area (Å²) in [6.45, 7) is 2.90. The number of aromatic nitrogens is 5. The van der Waals surface area contributed by atoms with Gasteiger partial charge in [-0.2, -0.15) is 5.10 Å². The molecule has 4 heterocycles. The Morgan fingerprint density at radius 2 is 2.09 bits per heavy atom. The zero-order valence-electron chi connectivity index (χ0n) is 18.0. The molecule has 2 aliphatic rings. The third kappa shape index (κ3) is 4.09. The van der Waals surface area contributed by atoms with Gasteiger partial charge in [0, 0.05) is 30.9 Å². The van der Waals surface area contributed by atoms with Crippen molar-refractivity contribution in [2.24, 2.45) is 0 Å². The number of hydrogen-bond acceptors (Lipinski definition) is 6. The molecule has 168 valence electrons. The van der Waals surface area contributed by atoms with Crippen molar-refractivity contribution in [3.8, 4) is 11.5 Å². The lowest BCUT2D eigenvalue weighted by molar-refractivity contribution is 0.187. The fraction of sp³-hybridized carbons (Fsp3) is 0.500. The Morgan fingerprint density at radius 3 is 2.94 bits per heavy atom. The molecule has 5 rings (SSSR count). The van der Waals surface area contributed by atoms with Crippen molar-refractivity contribution in [3.05, 3.63) is 30.3 Å². The van der Waals surface area contributed by atoms with Crippen molar-refractivity contribution < 1.29 is 9.18 Å². The van der Waals surface area contributed by atoms with Crippen molar-refractivity contribution in [1.82, 2.24) is 35.4 Å². The number of hydrogen-bond donors (Lipinski definition) is 3. The number of halogens is 1. The number of urea groups is 1. The number of nitrogens with zero attached hydrogens (tertiary/aromatic N) is 5. The fourth-order valence-electron chi connectivity index (χ4n) is 4.75. The number of carbonyl (C=O) groups is 1. The van der Waals surface area contributed by atoms with E-state index in [2.05, 4.69) is 42.7 Å². The molecule has 32 heavy (non-hydrogen) atoms. The average molecular weight is 439 g/mol. The summed E-state index contributed by atoms with van der Waals surface area (Å²) in [6, 6.07) is 4.05. The van der Waals surface area contributed by atoms with Crippen molar-refractivity contribution >= 4 is 22.9 Å². The summed E-state index contributed by atoms with van der Waals surface area (Å²) in [4.78, 5) is 27.3. The van der Waals surface area contributed by atoms with E-state index in [1.54, 1.807) is 6.20 Å². The van der Waals surface area contributed by atoms with E-state index in [-0.39, 0.29) is 30.0 Å². The van der Waals surface area contributed by atoms with E-state index in [0.29, 0.717) is 17.2 Å². The summed E-state index contributed by atoms with van der Waals surface area (Å²) in [5, 5.41) is 14.3. The maximum absolute atomic E-state index is 14.5. The normalized spacial score (nSPS) is 23.4. The van der Waals surface area contributed by atoms with E-state index in [1.165, 1.54) is 6.20 Å². The minimum atomic E-state index is -0.510. The van der Waals surface area contributed by atoms with E-state index in [1.807, 2.05) is 17.0 Å². The molecule has 3 atom stereocenters. The number of pyridine rings is 1. The molecule has 10 heteroatoms. The summed E-state index contributed by atoms with van der Waals surface area (Å²) < 4.78 is 14.5. The Morgan fingerprint density at radius 1 is 1.22 bits per heavy atom. The van der Waals surface area contributed by atoms with Gasteiger partial charge < -0.3 is 15.5 Å². The Kier molecular flexibility index (Phi) is 5.59. The monoisotopic (exact) mass is 438 g/mol. The molecule has 1 saturated carbocycles. The Balaban J connectivity index is 1.28. The van der Waals surface area contributed by atoms with Crippen molar-refractivity contribution in [1.29, 1.82) is 0 Å². The van der Waals surface area contributed by atoms with Gasteiger partial charge in [-0.1, -0.05) is 0 Å². The molecule has 1 aliphatic carbocycles. The molecule has 0 aromatic carbocycles. The van der Waals surface area contributed by atoms with Crippen LogP contribution in [0.5, 0.6) is 0 Å². The SMILES string of the molecule is C[C@@H]1CCCN1C(=O)N[C@@H]1CCCC(Nc2nc(-c3n[nH]c4ncccc34)ncc2F)C1. The molecule has 0 radical (unpaired) electrons. The molecule has 3 aromatic rings. The molecule has 2 amide bonds. The van der Waals surface area contributed by atoms with E-state index in [9.17, 15) is 9.18 Å². The summed E-state index contributed by atoms with van der Waals surface area (Å²) in [6.07, 6.45) is 8.44. The zero-order chi connectivity index (χ0) is 22.1. The van der Waals surface area contributed by atoms with Crippen LogP contribution >= 0.6 is 0 Å². The van der Waals surface area contributed by atoms with Gasteiger partial charge in [0.25, 0.3) is 0 Å². The molecule has 0 spiro atoms. The highest BCUT2D eigenvalue weighted by molar-refractivity contribution is 5.88. The molecule has 0 bridgehead atoms. The molecular weight excluding hydrogens is 411 g/mol. The number of nitrogens with one attached hydrogen (secondary N) is 3. The summed E-state index contributed by atoms with van der Waals surface area (Å²) in [5.74, 6) is -0.0271. The van der Waals surface area contributed by atoms with Crippen LogP contribution in [0.4, 0.5) is 15.0 Å². The molecular formula is C22H27FN8O. The first-order valence-corrected chi connectivity index (χ1v) is 11.2. The zero-order valence-corrected chi connectivity index (χ0v) is 18.0. The van der Waals surface area contributed by atoms with Gasteiger partial charge in [-0.25, -0.2) is 24.1 Å². The summed E-state index contributed by atoms with van der Waals surface area (Å²) >= 11 is 0. The summed E-state index contributed by atoms with van der Waals surface area (Å²) in [5.41, 5.74) is 1.16. The number of anilines is 1. The van der Waals surface area contributed by atoms with E-state index < -0.39 is 5.82 Å². The first-order valence-electron chi connectivity index (χ1n) is 11.2. The van der Waals surface area contributed by atoms with Gasteiger partial charge in [0.05, 0.1) is 11.6 Å². The van der Waals surface area contributed by atoms with Crippen LogP contribution in [0.3, 0.4) is 0 Å².